The molecule has 1 atom stereocenters. The van der Waals surface area contributed by atoms with Crippen LogP contribution in [0.5, 0.6) is 11.6 Å². The van der Waals surface area contributed by atoms with E-state index in [4.69, 9.17) is 23.7 Å². The Morgan fingerprint density at radius 2 is 1.92 bits per heavy atom. The number of H-pyrrole nitrogens is 1. The Hall–Kier alpha value is -3.04. The number of hydrogen-bond donors (Lipinski definition) is 2. The van der Waals surface area contributed by atoms with Crippen LogP contribution in [-0.2, 0) is 33.5 Å². The van der Waals surface area contributed by atoms with Crippen molar-refractivity contribution in [3.63, 3.8) is 0 Å². The number of hydrogen-bond acceptors (Lipinski definition) is 7. The third-order valence-electron chi connectivity index (χ3n) is 5.71. The van der Waals surface area contributed by atoms with Gasteiger partial charge in [-0.15, -0.1) is 0 Å². The van der Waals surface area contributed by atoms with Crippen LogP contribution in [0, 0.1) is 0 Å². The summed E-state index contributed by atoms with van der Waals surface area (Å²) in [5.74, 6) is 1.23. The topological polar surface area (TPSA) is 108 Å². The Kier molecular flexibility index (Phi) is 10.8. The van der Waals surface area contributed by atoms with Gasteiger partial charge in [-0.25, -0.2) is 4.79 Å². The van der Waals surface area contributed by atoms with Crippen molar-refractivity contribution in [2.75, 3.05) is 39.6 Å². The Labute approximate surface area is 218 Å². The Morgan fingerprint density at radius 1 is 1.14 bits per heavy atom. The van der Waals surface area contributed by atoms with Gasteiger partial charge in [-0.05, 0) is 64.2 Å². The molecule has 1 saturated heterocycles. The van der Waals surface area contributed by atoms with Gasteiger partial charge in [0.15, 0.2) is 11.3 Å². The van der Waals surface area contributed by atoms with Gasteiger partial charge < -0.3 is 34.0 Å². The van der Waals surface area contributed by atoms with Crippen LogP contribution in [-0.4, -0.2) is 62.4 Å². The summed E-state index contributed by atoms with van der Waals surface area (Å²) in [5.41, 5.74) is 2.29. The first-order valence-corrected chi connectivity index (χ1v) is 13.0. The van der Waals surface area contributed by atoms with Gasteiger partial charge in [0.1, 0.15) is 24.1 Å². The monoisotopic (exact) mass is 516 g/mol. The van der Waals surface area contributed by atoms with Crippen molar-refractivity contribution >= 4 is 6.09 Å². The Balaban J connectivity index is 1.45. The normalized spacial score (nSPS) is 15.7. The van der Waals surface area contributed by atoms with Crippen molar-refractivity contribution in [3.8, 4) is 11.6 Å². The fraction of sp³-hybridized carbons (Fsp3) is 0.571. The van der Waals surface area contributed by atoms with E-state index in [1.54, 1.807) is 0 Å². The van der Waals surface area contributed by atoms with Gasteiger partial charge in [-0.1, -0.05) is 19.1 Å². The van der Waals surface area contributed by atoms with Crippen molar-refractivity contribution in [2.45, 2.75) is 65.1 Å². The quantitative estimate of drug-likeness (QED) is 0.413. The number of benzene rings is 1. The number of carbonyl (C=O) groups excluding carboxylic acids is 1. The standard InChI is InChI=1S/C28H40N2O7/c1-5-23-24(30-26(17-25(23)31)36-19-22-18-33-15-16-35-22)12-9-20-7-10-21(11-8-20)34-14-6-13-29-27(32)37-28(2,3)4/h7-8,10-11,17,22H,5-6,9,12-16,18-19H2,1-4H3,(H,29,32)(H,30,31). The van der Waals surface area contributed by atoms with E-state index < -0.39 is 11.7 Å². The summed E-state index contributed by atoms with van der Waals surface area (Å²) in [5, 5.41) is 2.72. The van der Waals surface area contributed by atoms with Crippen LogP contribution >= 0.6 is 0 Å². The summed E-state index contributed by atoms with van der Waals surface area (Å²) in [4.78, 5) is 27.6. The first kappa shape index (κ1) is 28.5. The summed E-state index contributed by atoms with van der Waals surface area (Å²) < 4.78 is 27.8. The van der Waals surface area contributed by atoms with Crippen LogP contribution in [0.25, 0.3) is 0 Å². The van der Waals surface area contributed by atoms with Crippen molar-refractivity contribution in [3.05, 3.63) is 57.4 Å². The van der Waals surface area contributed by atoms with Crippen molar-refractivity contribution < 1.29 is 28.5 Å². The Bertz CT molecular complexity index is 1040. The fourth-order valence-corrected chi connectivity index (χ4v) is 3.90. The molecule has 0 saturated carbocycles. The zero-order valence-electron chi connectivity index (χ0n) is 22.4. The summed E-state index contributed by atoms with van der Waals surface area (Å²) in [7, 11) is 0. The number of rotatable bonds is 12. The highest BCUT2D eigenvalue weighted by molar-refractivity contribution is 5.67. The molecule has 37 heavy (non-hydrogen) atoms. The molecule has 1 aliphatic heterocycles. The number of pyridine rings is 1. The lowest BCUT2D eigenvalue weighted by atomic mass is 10.0. The van der Waals surface area contributed by atoms with E-state index in [0.717, 1.165) is 29.0 Å². The van der Waals surface area contributed by atoms with Gasteiger partial charge in [-0.3, -0.25) is 4.79 Å². The molecular formula is C28H40N2O7. The molecule has 2 N–H and O–H groups in total. The van der Waals surface area contributed by atoms with E-state index in [0.29, 0.717) is 64.7 Å². The van der Waals surface area contributed by atoms with Crippen LogP contribution in [0.3, 0.4) is 0 Å². The van der Waals surface area contributed by atoms with Gasteiger partial charge in [0.25, 0.3) is 0 Å². The molecular weight excluding hydrogens is 476 g/mol. The highest BCUT2D eigenvalue weighted by Crippen LogP contribution is 2.17. The number of alkyl carbamates (subject to hydrolysis) is 1. The lowest BCUT2D eigenvalue weighted by Crippen LogP contribution is -2.33. The second kappa shape index (κ2) is 14.0. The van der Waals surface area contributed by atoms with E-state index in [9.17, 15) is 9.59 Å². The molecule has 9 nitrogen and oxygen atoms in total. The molecule has 1 amide bonds. The first-order chi connectivity index (χ1) is 17.7. The minimum Gasteiger partial charge on any atom is -0.494 e. The van der Waals surface area contributed by atoms with Gasteiger partial charge in [0.2, 0.25) is 0 Å². The molecule has 1 fully saturated rings. The molecule has 0 aliphatic carbocycles. The zero-order chi connectivity index (χ0) is 26.7. The maximum absolute atomic E-state index is 12.6. The molecule has 1 unspecified atom stereocenters. The highest BCUT2D eigenvalue weighted by Gasteiger charge is 2.17. The lowest BCUT2D eigenvalue weighted by Gasteiger charge is -2.23. The van der Waals surface area contributed by atoms with E-state index in [1.165, 1.54) is 6.07 Å². The SMILES string of the molecule is CCc1c(CCc2ccc(OCCCNC(=O)OC(C)(C)C)cc2)[nH]c(OCC2COCCO2)cc1=O. The molecule has 204 valence electrons. The fourth-order valence-electron chi connectivity index (χ4n) is 3.90. The second-order valence-electron chi connectivity index (χ2n) is 9.96. The summed E-state index contributed by atoms with van der Waals surface area (Å²) in [6.45, 7) is 10.4. The van der Waals surface area contributed by atoms with E-state index in [2.05, 4.69) is 10.3 Å². The van der Waals surface area contributed by atoms with Crippen LogP contribution < -0.4 is 20.2 Å². The van der Waals surface area contributed by atoms with Crippen molar-refractivity contribution in [1.82, 2.24) is 10.3 Å². The molecule has 0 bridgehead atoms. The predicted octanol–water partition coefficient (Wildman–Crippen LogP) is 3.81. The van der Waals surface area contributed by atoms with Gasteiger partial charge >= 0.3 is 6.09 Å². The molecule has 3 rings (SSSR count). The van der Waals surface area contributed by atoms with Crippen molar-refractivity contribution in [1.29, 1.82) is 0 Å². The predicted molar refractivity (Wildman–Crippen MR) is 141 cm³/mol. The smallest absolute Gasteiger partial charge is 0.407 e. The molecule has 9 heteroatoms. The third-order valence-corrected chi connectivity index (χ3v) is 5.71. The first-order valence-electron chi connectivity index (χ1n) is 13.0. The van der Waals surface area contributed by atoms with E-state index in [1.807, 2.05) is 52.0 Å². The minimum atomic E-state index is -0.508. The molecule has 0 spiro atoms. The second-order valence-corrected chi connectivity index (χ2v) is 9.96. The number of aromatic amines is 1. The zero-order valence-corrected chi connectivity index (χ0v) is 22.4. The minimum absolute atomic E-state index is 0.0167. The van der Waals surface area contributed by atoms with Gasteiger partial charge in [0.05, 0.1) is 26.4 Å². The summed E-state index contributed by atoms with van der Waals surface area (Å²) in [6.07, 6.45) is 2.23. The van der Waals surface area contributed by atoms with Gasteiger partial charge in [0, 0.05) is 23.9 Å². The van der Waals surface area contributed by atoms with Crippen LogP contribution in [0.4, 0.5) is 4.79 Å². The van der Waals surface area contributed by atoms with E-state index >= 15 is 0 Å². The van der Waals surface area contributed by atoms with Crippen LogP contribution in [0.2, 0.25) is 0 Å². The molecule has 1 aromatic heterocycles. The summed E-state index contributed by atoms with van der Waals surface area (Å²) in [6, 6.07) is 9.44. The number of carbonyl (C=O) groups is 1. The molecule has 1 aromatic carbocycles. The molecule has 2 aromatic rings. The average Bonchev–Trinajstić information content (AvgIpc) is 2.86. The molecule has 1 aliphatic rings. The maximum Gasteiger partial charge on any atom is 0.407 e. The number of aryl methyl sites for hydroxylation is 2. The lowest BCUT2D eigenvalue weighted by molar-refractivity contribution is -0.102. The number of aromatic nitrogens is 1. The highest BCUT2D eigenvalue weighted by atomic mass is 16.6. The van der Waals surface area contributed by atoms with Crippen LogP contribution in [0.1, 0.15) is 50.9 Å². The van der Waals surface area contributed by atoms with Gasteiger partial charge in [-0.2, -0.15) is 0 Å². The van der Waals surface area contributed by atoms with Crippen molar-refractivity contribution in [2.24, 2.45) is 0 Å². The number of ether oxygens (including phenoxy) is 5. The summed E-state index contributed by atoms with van der Waals surface area (Å²) >= 11 is 0. The van der Waals surface area contributed by atoms with E-state index in [-0.39, 0.29) is 11.5 Å². The largest absolute Gasteiger partial charge is 0.494 e. The maximum atomic E-state index is 12.6. The van der Waals surface area contributed by atoms with Crippen LogP contribution in [0.15, 0.2) is 35.1 Å². The number of amides is 1. The third kappa shape index (κ3) is 10.1. The molecule has 2 heterocycles. The number of nitrogens with one attached hydrogen (secondary N) is 2. The average molecular weight is 517 g/mol. The Morgan fingerprint density at radius 3 is 2.59 bits per heavy atom. The molecule has 0 radical (unpaired) electrons.